The first-order chi connectivity index (χ1) is 9.54. The minimum Gasteiger partial charge on any atom is -0.354 e. The van der Waals surface area contributed by atoms with Crippen LogP contribution in [-0.4, -0.2) is 35.8 Å². The van der Waals surface area contributed by atoms with Crippen LogP contribution in [0.25, 0.3) is 0 Å². The van der Waals surface area contributed by atoms with Gasteiger partial charge in [-0.25, -0.2) is 0 Å². The molecule has 0 bridgehead atoms. The van der Waals surface area contributed by atoms with Gasteiger partial charge in [-0.15, -0.1) is 12.4 Å². The summed E-state index contributed by atoms with van der Waals surface area (Å²) in [7, 11) is 0. The van der Waals surface area contributed by atoms with E-state index in [-0.39, 0.29) is 30.1 Å². The normalized spacial score (nSPS) is 15.4. The summed E-state index contributed by atoms with van der Waals surface area (Å²) < 4.78 is 0. The number of piperidine rings is 1. The predicted molar refractivity (Wildman–Crippen MR) is 85.5 cm³/mol. The lowest BCUT2D eigenvalue weighted by molar-refractivity contribution is 0.0924. The highest BCUT2D eigenvalue weighted by Gasteiger charge is 2.23. The Labute approximate surface area is 131 Å². The van der Waals surface area contributed by atoms with E-state index in [1.54, 1.807) is 6.92 Å². The number of carbonyl (C=O) groups is 2. The highest BCUT2D eigenvalue weighted by Crippen LogP contribution is 2.20. The van der Waals surface area contributed by atoms with Gasteiger partial charge in [0.1, 0.15) is 5.69 Å². The lowest BCUT2D eigenvalue weighted by atomic mass is 10.0. The number of H-pyrrole nitrogens is 1. The minimum atomic E-state index is -0.0932. The third kappa shape index (κ3) is 3.86. The average Bonchev–Trinajstić information content (AvgIpc) is 2.76. The molecule has 21 heavy (non-hydrogen) atoms. The standard InChI is InChI=1S/C15H23N3O2.ClH/c1-4-12-13(10(3)19)9(2)17-14(12)15(20)18-11-5-7-16-8-6-11;/h11,16-17H,4-8H2,1-3H3,(H,18,20);1H. The van der Waals surface area contributed by atoms with Crippen LogP contribution in [0.4, 0.5) is 0 Å². The summed E-state index contributed by atoms with van der Waals surface area (Å²) in [5.41, 5.74) is 2.84. The van der Waals surface area contributed by atoms with Crippen LogP contribution in [0.2, 0.25) is 0 Å². The van der Waals surface area contributed by atoms with Crippen molar-refractivity contribution in [2.45, 2.75) is 46.1 Å². The Balaban J connectivity index is 0.00000220. The molecule has 0 aromatic carbocycles. The van der Waals surface area contributed by atoms with Crippen molar-refractivity contribution >= 4 is 24.1 Å². The van der Waals surface area contributed by atoms with E-state index in [9.17, 15) is 9.59 Å². The van der Waals surface area contributed by atoms with E-state index in [0.29, 0.717) is 17.7 Å². The van der Waals surface area contributed by atoms with Gasteiger partial charge in [0.2, 0.25) is 0 Å². The summed E-state index contributed by atoms with van der Waals surface area (Å²) >= 11 is 0. The van der Waals surface area contributed by atoms with Gasteiger partial charge in [-0.1, -0.05) is 6.92 Å². The second kappa shape index (κ2) is 7.61. The number of hydrogen-bond acceptors (Lipinski definition) is 3. The molecule has 0 unspecified atom stereocenters. The molecule has 2 rings (SSSR count). The first kappa shape index (κ1) is 17.7. The first-order valence-corrected chi connectivity index (χ1v) is 7.28. The van der Waals surface area contributed by atoms with Gasteiger partial charge in [0.25, 0.3) is 5.91 Å². The van der Waals surface area contributed by atoms with Crippen LogP contribution >= 0.6 is 12.4 Å². The zero-order valence-corrected chi connectivity index (χ0v) is 13.7. The molecule has 3 N–H and O–H groups in total. The van der Waals surface area contributed by atoms with E-state index in [1.807, 2.05) is 13.8 Å². The average molecular weight is 314 g/mol. The van der Waals surface area contributed by atoms with Crippen molar-refractivity contribution in [1.82, 2.24) is 15.6 Å². The van der Waals surface area contributed by atoms with E-state index in [2.05, 4.69) is 15.6 Å². The molecule has 1 aliphatic rings. The van der Waals surface area contributed by atoms with E-state index in [4.69, 9.17) is 0 Å². The Morgan fingerprint density at radius 2 is 1.90 bits per heavy atom. The molecule has 6 heteroatoms. The van der Waals surface area contributed by atoms with Crippen molar-refractivity contribution in [2.24, 2.45) is 0 Å². The van der Waals surface area contributed by atoms with Crippen molar-refractivity contribution in [2.75, 3.05) is 13.1 Å². The number of nitrogens with one attached hydrogen (secondary N) is 3. The SMILES string of the molecule is CCc1c(C(=O)NC2CCNCC2)[nH]c(C)c1C(C)=O.Cl. The lowest BCUT2D eigenvalue weighted by Crippen LogP contribution is -2.43. The van der Waals surface area contributed by atoms with E-state index < -0.39 is 0 Å². The maximum Gasteiger partial charge on any atom is 0.268 e. The molecular weight excluding hydrogens is 290 g/mol. The molecule has 5 nitrogen and oxygen atoms in total. The van der Waals surface area contributed by atoms with Gasteiger partial charge in [0.15, 0.2) is 5.78 Å². The smallest absolute Gasteiger partial charge is 0.268 e. The molecule has 1 aliphatic heterocycles. The highest BCUT2D eigenvalue weighted by atomic mass is 35.5. The molecule has 1 amide bonds. The van der Waals surface area contributed by atoms with Crippen LogP contribution in [0, 0.1) is 6.92 Å². The van der Waals surface area contributed by atoms with Crippen molar-refractivity contribution in [3.63, 3.8) is 0 Å². The van der Waals surface area contributed by atoms with Crippen molar-refractivity contribution in [1.29, 1.82) is 0 Å². The van der Waals surface area contributed by atoms with Crippen LogP contribution < -0.4 is 10.6 Å². The molecule has 0 saturated carbocycles. The third-order valence-corrected chi connectivity index (χ3v) is 3.90. The largest absolute Gasteiger partial charge is 0.354 e. The van der Waals surface area contributed by atoms with Crippen molar-refractivity contribution < 1.29 is 9.59 Å². The summed E-state index contributed by atoms with van der Waals surface area (Å²) in [5, 5.41) is 6.34. The molecule has 0 atom stereocenters. The molecule has 0 spiro atoms. The summed E-state index contributed by atoms with van der Waals surface area (Å²) in [6.07, 6.45) is 2.58. The Morgan fingerprint density at radius 3 is 2.43 bits per heavy atom. The molecule has 0 radical (unpaired) electrons. The van der Waals surface area contributed by atoms with Gasteiger partial charge >= 0.3 is 0 Å². The van der Waals surface area contributed by atoms with E-state index in [0.717, 1.165) is 37.2 Å². The lowest BCUT2D eigenvalue weighted by Gasteiger charge is -2.23. The Bertz CT molecular complexity index is 519. The zero-order valence-electron chi connectivity index (χ0n) is 12.8. The van der Waals surface area contributed by atoms with E-state index in [1.165, 1.54) is 0 Å². The molecule has 1 aromatic heterocycles. The number of aryl methyl sites for hydroxylation is 1. The second-order valence-electron chi connectivity index (χ2n) is 5.39. The molecule has 1 fully saturated rings. The number of ketones is 1. The predicted octanol–water partition coefficient (Wildman–Crippen LogP) is 1.99. The summed E-state index contributed by atoms with van der Waals surface area (Å²) in [6, 6.07) is 0.220. The fraction of sp³-hybridized carbons (Fsp3) is 0.600. The quantitative estimate of drug-likeness (QED) is 0.744. The summed E-state index contributed by atoms with van der Waals surface area (Å²) in [5.74, 6) is -0.0825. The van der Waals surface area contributed by atoms with Crippen LogP contribution in [-0.2, 0) is 6.42 Å². The summed E-state index contributed by atoms with van der Waals surface area (Å²) in [4.78, 5) is 27.2. The number of amides is 1. The number of aromatic nitrogens is 1. The molecule has 1 saturated heterocycles. The Kier molecular flexibility index (Phi) is 6.42. The Hall–Kier alpha value is -1.33. The molecule has 0 aliphatic carbocycles. The highest BCUT2D eigenvalue weighted by molar-refractivity contribution is 6.02. The molecule has 2 heterocycles. The number of carbonyl (C=O) groups excluding carboxylic acids is 2. The van der Waals surface area contributed by atoms with Gasteiger partial charge < -0.3 is 15.6 Å². The zero-order chi connectivity index (χ0) is 14.7. The first-order valence-electron chi connectivity index (χ1n) is 7.28. The number of aromatic amines is 1. The van der Waals surface area contributed by atoms with E-state index >= 15 is 0 Å². The number of rotatable bonds is 4. The van der Waals surface area contributed by atoms with Gasteiger partial charge in [-0.05, 0) is 51.8 Å². The second-order valence-corrected chi connectivity index (χ2v) is 5.39. The van der Waals surface area contributed by atoms with Crippen LogP contribution in [0.15, 0.2) is 0 Å². The van der Waals surface area contributed by atoms with Crippen molar-refractivity contribution in [3.05, 3.63) is 22.5 Å². The third-order valence-electron chi connectivity index (χ3n) is 3.90. The van der Waals surface area contributed by atoms with Crippen LogP contribution in [0.5, 0.6) is 0 Å². The maximum absolute atomic E-state index is 12.4. The van der Waals surface area contributed by atoms with Crippen LogP contribution in [0.3, 0.4) is 0 Å². The molecular formula is C15H24ClN3O2. The van der Waals surface area contributed by atoms with Crippen molar-refractivity contribution in [3.8, 4) is 0 Å². The maximum atomic E-state index is 12.4. The van der Waals surface area contributed by atoms with Gasteiger partial charge in [0.05, 0.1) is 0 Å². The van der Waals surface area contributed by atoms with Gasteiger partial charge in [-0.3, -0.25) is 9.59 Å². The number of halogens is 1. The topological polar surface area (TPSA) is 74.0 Å². The number of Topliss-reactive ketones (excluding diaryl/α,β-unsaturated/α-hetero) is 1. The van der Waals surface area contributed by atoms with Gasteiger partial charge in [-0.2, -0.15) is 0 Å². The minimum absolute atomic E-state index is 0. The monoisotopic (exact) mass is 313 g/mol. The Morgan fingerprint density at radius 1 is 1.29 bits per heavy atom. The molecule has 118 valence electrons. The fourth-order valence-corrected chi connectivity index (χ4v) is 2.92. The molecule has 1 aromatic rings. The van der Waals surface area contributed by atoms with Gasteiger partial charge in [0, 0.05) is 17.3 Å². The number of hydrogen-bond donors (Lipinski definition) is 3. The van der Waals surface area contributed by atoms with Crippen LogP contribution in [0.1, 0.15) is 58.8 Å². The summed E-state index contributed by atoms with van der Waals surface area (Å²) in [6.45, 7) is 7.24. The fourth-order valence-electron chi connectivity index (χ4n) is 2.92.